The number of amides is 2. The predicted octanol–water partition coefficient (Wildman–Crippen LogP) is 2.87. The van der Waals surface area contributed by atoms with Gasteiger partial charge in [-0.2, -0.15) is 0 Å². The molecule has 29 heavy (non-hydrogen) atoms. The molecule has 2 amide bonds. The van der Waals surface area contributed by atoms with Gasteiger partial charge < -0.3 is 20.1 Å². The van der Waals surface area contributed by atoms with Crippen molar-refractivity contribution in [2.24, 2.45) is 5.92 Å². The lowest BCUT2D eigenvalue weighted by Gasteiger charge is -2.18. The fourth-order valence-electron chi connectivity index (χ4n) is 3.41. The lowest BCUT2D eigenvalue weighted by atomic mass is 10.1. The summed E-state index contributed by atoms with van der Waals surface area (Å²) in [5.74, 6) is -0.636. The lowest BCUT2D eigenvalue weighted by molar-refractivity contribution is -0.132. The number of hydrogen-bond acceptors (Lipinski definition) is 4. The first-order valence-electron chi connectivity index (χ1n) is 9.58. The van der Waals surface area contributed by atoms with Crippen LogP contribution in [0.3, 0.4) is 0 Å². The Morgan fingerprint density at radius 3 is 2.55 bits per heavy atom. The maximum atomic E-state index is 12.6. The number of ether oxygens (including phenoxy) is 1. The Morgan fingerprint density at radius 2 is 1.90 bits per heavy atom. The molecule has 6 nitrogen and oxygen atoms in total. The van der Waals surface area contributed by atoms with Gasteiger partial charge in [0.1, 0.15) is 24.4 Å². The quantitative estimate of drug-likeness (QED) is 0.680. The van der Waals surface area contributed by atoms with E-state index in [2.05, 4.69) is 5.32 Å². The first kappa shape index (κ1) is 21.1. The molecule has 2 atom stereocenters. The number of halogens is 1. The third kappa shape index (κ3) is 5.08. The molecule has 154 valence electrons. The summed E-state index contributed by atoms with van der Waals surface area (Å²) >= 11 is 5.89. The van der Waals surface area contributed by atoms with Crippen molar-refractivity contribution in [2.75, 3.05) is 24.6 Å². The van der Waals surface area contributed by atoms with Crippen LogP contribution in [-0.2, 0) is 9.59 Å². The fourth-order valence-corrected chi connectivity index (χ4v) is 3.53. The van der Waals surface area contributed by atoms with E-state index in [0.29, 0.717) is 18.0 Å². The Labute approximate surface area is 175 Å². The van der Waals surface area contributed by atoms with Gasteiger partial charge in [0.2, 0.25) is 11.8 Å². The first-order valence-corrected chi connectivity index (χ1v) is 9.96. The van der Waals surface area contributed by atoms with E-state index in [-0.39, 0.29) is 25.0 Å². The highest BCUT2D eigenvalue weighted by atomic mass is 35.5. The average molecular weight is 417 g/mol. The van der Waals surface area contributed by atoms with Crippen LogP contribution in [0.25, 0.3) is 0 Å². The van der Waals surface area contributed by atoms with E-state index < -0.39 is 12.0 Å². The van der Waals surface area contributed by atoms with Crippen LogP contribution in [0.2, 0.25) is 5.02 Å². The van der Waals surface area contributed by atoms with Gasteiger partial charge in [-0.25, -0.2) is 0 Å². The minimum absolute atomic E-state index is 0.0223. The molecule has 0 aliphatic carbocycles. The fraction of sp³-hybridized carbons (Fsp3) is 0.364. The monoisotopic (exact) mass is 416 g/mol. The van der Waals surface area contributed by atoms with Crippen molar-refractivity contribution in [3.05, 3.63) is 58.6 Å². The minimum atomic E-state index is -0.873. The van der Waals surface area contributed by atoms with Gasteiger partial charge in [0.15, 0.2) is 0 Å². The van der Waals surface area contributed by atoms with Crippen molar-refractivity contribution in [1.82, 2.24) is 5.32 Å². The van der Waals surface area contributed by atoms with Crippen molar-refractivity contribution < 1.29 is 19.4 Å². The van der Waals surface area contributed by atoms with Crippen molar-refractivity contribution >= 4 is 29.1 Å². The van der Waals surface area contributed by atoms with Gasteiger partial charge in [-0.05, 0) is 55.7 Å². The van der Waals surface area contributed by atoms with Crippen LogP contribution in [0.4, 0.5) is 5.69 Å². The summed E-state index contributed by atoms with van der Waals surface area (Å²) in [6.07, 6.45) is -0.440. The lowest BCUT2D eigenvalue weighted by Crippen LogP contribution is -2.41. The second kappa shape index (κ2) is 9.29. The number of hydrogen-bond donors (Lipinski definition) is 2. The molecular formula is C22H25ClN2O4. The summed E-state index contributed by atoms with van der Waals surface area (Å²) < 4.78 is 5.71. The predicted molar refractivity (Wildman–Crippen MR) is 112 cm³/mol. The van der Waals surface area contributed by atoms with E-state index in [4.69, 9.17) is 16.3 Å². The van der Waals surface area contributed by atoms with Crippen molar-refractivity contribution in [3.8, 4) is 5.75 Å². The maximum absolute atomic E-state index is 12.6. The molecule has 2 N–H and O–H groups in total. The number of aryl methyl sites for hydroxylation is 2. The Balaban J connectivity index is 1.49. The number of rotatable bonds is 7. The van der Waals surface area contributed by atoms with Gasteiger partial charge in [-0.3, -0.25) is 9.59 Å². The molecule has 1 heterocycles. The highest BCUT2D eigenvalue weighted by Crippen LogP contribution is 2.26. The molecule has 0 aromatic heterocycles. The zero-order chi connectivity index (χ0) is 21.0. The molecular weight excluding hydrogens is 392 g/mol. The summed E-state index contributed by atoms with van der Waals surface area (Å²) in [7, 11) is 0. The second-order valence-electron chi connectivity index (χ2n) is 7.24. The third-order valence-electron chi connectivity index (χ3n) is 5.00. The minimum Gasteiger partial charge on any atom is -0.490 e. The van der Waals surface area contributed by atoms with Crippen LogP contribution in [0.5, 0.6) is 5.75 Å². The van der Waals surface area contributed by atoms with Gasteiger partial charge in [0, 0.05) is 23.8 Å². The molecule has 7 heteroatoms. The van der Waals surface area contributed by atoms with Crippen LogP contribution in [0.15, 0.2) is 42.5 Å². The van der Waals surface area contributed by atoms with Crippen LogP contribution < -0.4 is 15.0 Å². The number of nitrogens with zero attached hydrogens (tertiary/aromatic N) is 1. The third-order valence-corrected chi connectivity index (χ3v) is 5.25. The molecule has 1 aliphatic heterocycles. The van der Waals surface area contributed by atoms with E-state index >= 15 is 0 Å². The van der Waals surface area contributed by atoms with E-state index in [1.54, 1.807) is 29.2 Å². The number of carbonyl (C=O) groups excluding carboxylic acids is 2. The SMILES string of the molecule is Cc1cccc(C)c1OCC(O)CNC(=O)C1CCN(c2ccc(Cl)cc2)C1=O. The number of carbonyl (C=O) groups is 2. The largest absolute Gasteiger partial charge is 0.490 e. The maximum Gasteiger partial charge on any atom is 0.239 e. The van der Waals surface area contributed by atoms with Gasteiger partial charge in [0.05, 0.1) is 0 Å². The van der Waals surface area contributed by atoms with Crippen LogP contribution >= 0.6 is 11.6 Å². The summed E-state index contributed by atoms with van der Waals surface area (Å²) in [6.45, 7) is 4.43. The smallest absolute Gasteiger partial charge is 0.239 e. The number of para-hydroxylation sites is 1. The average Bonchev–Trinajstić information content (AvgIpc) is 3.08. The summed E-state index contributed by atoms with van der Waals surface area (Å²) in [4.78, 5) is 26.6. The molecule has 0 bridgehead atoms. The molecule has 2 unspecified atom stereocenters. The van der Waals surface area contributed by atoms with Gasteiger partial charge in [-0.15, -0.1) is 0 Å². The molecule has 2 aromatic carbocycles. The molecule has 2 aromatic rings. The van der Waals surface area contributed by atoms with E-state index in [1.165, 1.54) is 0 Å². The Bertz CT molecular complexity index is 865. The standard InChI is InChI=1S/C22H25ClN2O4/c1-14-4-3-5-15(2)20(14)29-13-18(26)12-24-21(27)19-10-11-25(22(19)28)17-8-6-16(23)7-9-17/h3-9,18-19,26H,10-13H2,1-2H3,(H,24,27). The molecule has 1 saturated heterocycles. The molecule has 0 radical (unpaired) electrons. The molecule has 1 aliphatic rings. The number of aliphatic hydroxyl groups is 1. The Kier molecular flexibility index (Phi) is 6.77. The van der Waals surface area contributed by atoms with Gasteiger partial charge >= 0.3 is 0 Å². The zero-order valence-corrected chi connectivity index (χ0v) is 17.3. The number of aliphatic hydroxyl groups excluding tert-OH is 1. The highest BCUT2D eigenvalue weighted by molar-refractivity contribution is 6.30. The molecule has 1 fully saturated rings. The van der Waals surface area contributed by atoms with Gasteiger partial charge in [-0.1, -0.05) is 29.8 Å². The van der Waals surface area contributed by atoms with E-state index in [9.17, 15) is 14.7 Å². The van der Waals surface area contributed by atoms with Gasteiger partial charge in [0.25, 0.3) is 0 Å². The summed E-state index contributed by atoms with van der Waals surface area (Å²) in [5.41, 5.74) is 2.69. The van der Waals surface area contributed by atoms with Crippen molar-refractivity contribution in [3.63, 3.8) is 0 Å². The second-order valence-corrected chi connectivity index (χ2v) is 7.67. The number of nitrogens with one attached hydrogen (secondary N) is 1. The normalized spacial score (nSPS) is 17.3. The van der Waals surface area contributed by atoms with Crippen LogP contribution in [0.1, 0.15) is 17.5 Å². The van der Waals surface area contributed by atoms with E-state index in [0.717, 1.165) is 22.6 Å². The zero-order valence-electron chi connectivity index (χ0n) is 16.5. The number of benzene rings is 2. The number of anilines is 1. The van der Waals surface area contributed by atoms with E-state index in [1.807, 2.05) is 32.0 Å². The van der Waals surface area contributed by atoms with Crippen molar-refractivity contribution in [2.45, 2.75) is 26.4 Å². The highest BCUT2D eigenvalue weighted by Gasteiger charge is 2.37. The summed E-state index contributed by atoms with van der Waals surface area (Å²) in [5, 5.41) is 13.4. The topological polar surface area (TPSA) is 78.9 Å². The Morgan fingerprint density at radius 1 is 1.24 bits per heavy atom. The van der Waals surface area contributed by atoms with Crippen LogP contribution in [0, 0.1) is 19.8 Å². The van der Waals surface area contributed by atoms with Crippen LogP contribution in [-0.4, -0.2) is 42.7 Å². The Hall–Kier alpha value is -2.57. The van der Waals surface area contributed by atoms with Crippen molar-refractivity contribution in [1.29, 1.82) is 0 Å². The summed E-state index contributed by atoms with van der Waals surface area (Å²) in [6, 6.07) is 12.8. The molecule has 0 spiro atoms. The molecule has 3 rings (SSSR count). The molecule has 0 saturated carbocycles. The first-order chi connectivity index (χ1) is 13.9.